The highest BCUT2D eigenvalue weighted by Crippen LogP contribution is 2.19. The molecule has 0 atom stereocenters. The van der Waals surface area contributed by atoms with Gasteiger partial charge in [-0.3, -0.25) is 0 Å². The molecular weight excluding hydrogens is 272 g/mol. The van der Waals surface area contributed by atoms with Gasteiger partial charge in [0.15, 0.2) is 5.52 Å². The van der Waals surface area contributed by atoms with Crippen LogP contribution in [0.5, 0.6) is 5.88 Å². The minimum atomic E-state index is -0.459. The molecule has 1 aromatic carbocycles. The first-order valence-corrected chi connectivity index (χ1v) is 6.28. The summed E-state index contributed by atoms with van der Waals surface area (Å²) in [5, 5.41) is 0. The van der Waals surface area contributed by atoms with Gasteiger partial charge >= 0.3 is 5.97 Å². The number of hydrogen-bond acceptors (Lipinski definition) is 6. The summed E-state index contributed by atoms with van der Waals surface area (Å²) in [6.45, 7) is 1.67. The van der Waals surface area contributed by atoms with E-state index in [2.05, 4.69) is 15.0 Å². The van der Waals surface area contributed by atoms with Crippen LogP contribution in [0.4, 0.5) is 0 Å². The predicted molar refractivity (Wildman–Crippen MR) is 73.4 cm³/mol. The van der Waals surface area contributed by atoms with Crippen LogP contribution in [0, 0.1) is 0 Å². The average molecular weight is 284 g/mol. The van der Waals surface area contributed by atoms with Crippen molar-refractivity contribution >= 4 is 17.1 Å². The number of rotatable bonds is 4. The van der Waals surface area contributed by atoms with Crippen molar-refractivity contribution < 1.29 is 14.4 Å². The van der Waals surface area contributed by atoms with Crippen LogP contribution in [-0.4, -0.2) is 25.7 Å². The molecule has 21 heavy (non-hydrogen) atoms. The molecule has 0 saturated carbocycles. The summed E-state index contributed by atoms with van der Waals surface area (Å²) in [5.41, 5.74) is 1.83. The Balaban J connectivity index is 1.86. The highest BCUT2D eigenvalue weighted by molar-refractivity contribution is 5.76. The lowest BCUT2D eigenvalue weighted by Gasteiger charge is -2.05. The van der Waals surface area contributed by atoms with E-state index in [0.29, 0.717) is 23.7 Å². The lowest BCUT2D eigenvalue weighted by molar-refractivity contribution is -0.141. The molecule has 7 heteroatoms. The third-order valence-corrected chi connectivity index (χ3v) is 2.72. The zero-order chi connectivity index (χ0) is 14.7. The van der Waals surface area contributed by atoms with Crippen LogP contribution >= 0.6 is 0 Å². The summed E-state index contributed by atoms with van der Waals surface area (Å²) >= 11 is 0. The van der Waals surface area contributed by atoms with E-state index >= 15 is 0 Å². The van der Waals surface area contributed by atoms with Crippen molar-refractivity contribution in [2.75, 3.05) is 0 Å². The maximum absolute atomic E-state index is 11.0. The van der Waals surface area contributed by atoms with Crippen molar-refractivity contribution in [2.45, 2.75) is 13.5 Å². The number of carbonyl (C=O) groups excluding carboxylic acids is 1. The molecule has 0 amide bonds. The Morgan fingerprint density at radius 2 is 2.00 bits per heavy atom. The summed E-state index contributed by atoms with van der Waals surface area (Å²) in [5.74, 6) is -0.116. The van der Waals surface area contributed by atoms with Gasteiger partial charge in [-0.25, -0.2) is 14.8 Å². The average Bonchev–Trinajstić information content (AvgIpc) is 2.89. The van der Waals surface area contributed by atoms with E-state index in [9.17, 15) is 4.79 Å². The Bertz CT molecular complexity index is 770. The van der Waals surface area contributed by atoms with Crippen molar-refractivity contribution in [3.05, 3.63) is 48.5 Å². The second-order valence-corrected chi connectivity index (χ2v) is 4.28. The van der Waals surface area contributed by atoms with Gasteiger partial charge in [-0.1, -0.05) is 30.3 Å². The van der Waals surface area contributed by atoms with Gasteiger partial charge in [0.05, 0.1) is 0 Å². The zero-order valence-electron chi connectivity index (χ0n) is 11.3. The van der Waals surface area contributed by atoms with Gasteiger partial charge in [-0.05, 0) is 5.56 Å². The van der Waals surface area contributed by atoms with Crippen LogP contribution < -0.4 is 9.57 Å². The summed E-state index contributed by atoms with van der Waals surface area (Å²) in [4.78, 5) is 28.2. The van der Waals surface area contributed by atoms with Gasteiger partial charge in [0.1, 0.15) is 19.3 Å². The minimum absolute atomic E-state index is 0.342. The van der Waals surface area contributed by atoms with E-state index in [1.165, 1.54) is 24.3 Å². The number of hydrogen-bond donors (Lipinski definition) is 0. The molecule has 106 valence electrons. The van der Waals surface area contributed by atoms with Gasteiger partial charge < -0.3 is 9.57 Å². The Kier molecular flexibility index (Phi) is 3.46. The van der Waals surface area contributed by atoms with Crippen molar-refractivity contribution in [3.8, 4) is 5.88 Å². The fourth-order valence-corrected chi connectivity index (χ4v) is 1.83. The van der Waals surface area contributed by atoms with Crippen LogP contribution in [0.2, 0.25) is 0 Å². The van der Waals surface area contributed by atoms with Gasteiger partial charge in [0.2, 0.25) is 11.5 Å². The third-order valence-electron chi connectivity index (χ3n) is 2.72. The molecule has 0 bridgehead atoms. The number of imidazole rings is 1. The first kappa shape index (κ1) is 13.0. The fourth-order valence-electron chi connectivity index (χ4n) is 1.83. The summed E-state index contributed by atoms with van der Waals surface area (Å²) in [6.07, 6.45) is 2.69. The molecule has 3 rings (SSSR count). The Hall–Kier alpha value is -2.96. The highest BCUT2D eigenvalue weighted by atomic mass is 16.7. The van der Waals surface area contributed by atoms with Crippen LogP contribution in [0.3, 0.4) is 0 Å². The molecule has 0 N–H and O–H groups in total. The summed E-state index contributed by atoms with van der Waals surface area (Å²) in [7, 11) is 0. The Morgan fingerprint density at radius 1 is 1.19 bits per heavy atom. The van der Waals surface area contributed by atoms with Crippen molar-refractivity contribution in [3.63, 3.8) is 0 Å². The minimum Gasteiger partial charge on any atom is -0.471 e. The Morgan fingerprint density at radius 3 is 2.76 bits per heavy atom. The van der Waals surface area contributed by atoms with E-state index < -0.39 is 5.97 Å². The van der Waals surface area contributed by atoms with E-state index in [0.717, 1.165) is 5.56 Å². The molecule has 0 radical (unpaired) electrons. The van der Waals surface area contributed by atoms with E-state index in [1.807, 2.05) is 30.3 Å². The van der Waals surface area contributed by atoms with Crippen LogP contribution in [0.1, 0.15) is 12.5 Å². The molecule has 0 spiro atoms. The van der Waals surface area contributed by atoms with Crippen LogP contribution in [-0.2, 0) is 11.4 Å². The second-order valence-electron chi connectivity index (χ2n) is 4.28. The number of carbonyl (C=O) groups is 1. The first-order chi connectivity index (χ1) is 10.2. The number of benzene rings is 1. The molecular formula is C14H12N4O3. The van der Waals surface area contributed by atoms with Crippen molar-refractivity contribution in [2.24, 2.45) is 0 Å². The highest BCUT2D eigenvalue weighted by Gasteiger charge is 2.13. The monoisotopic (exact) mass is 284 g/mol. The third kappa shape index (κ3) is 2.81. The predicted octanol–water partition coefficient (Wildman–Crippen LogP) is 1.38. The SMILES string of the molecule is CC(=O)On1cnc2c(OCc3ccccc3)ncnc21. The number of ether oxygens (including phenoxy) is 1. The Labute approximate surface area is 120 Å². The lowest BCUT2D eigenvalue weighted by atomic mass is 10.2. The quantitative estimate of drug-likeness (QED) is 0.720. The molecule has 0 aliphatic carbocycles. The number of aromatic nitrogens is 4. The summed E-state index contributed by atoms with van der Waals surface area (Å²) < 4.78 is 6.85. The first-order valence-electron chi connectivity index (χ1n) is 6.28. The molecule has 2 aromatic heterocycles. The topological polar surface area (TPSA) is 79.1 Å². The van der Waals surface area contributed by atoms with Crippen molar-refractivity contribution in [1.29, 1.82) is 0 Å². The standard InChI is InChI=1S/C14H12N4O3/c1-10(19)21-18-9-17-12-13(18)15-8-16-14(12)20-7-11-5-3-2-4-6-11/h2-6,8-9H,7H2,1H3. The molecule has 2 heterocycles. The summed E-state index contributed by atoms with van der Waals surface area (Å²) in [6, 6.07) is 9.71. The molecule has 0 unspecified atom stereocenters. The second kappa shape index (κ2) is 5.58. The van der Waals surface area contributed by atoms with Gasteiger partial charge in [0, 0.05) is 6.92 Å². The smallest absolute Gasteiger partial charge is 0.330 e. The normalized spacial score (nSPS) is 10.5. The fraction of sp³-hybridized carbons (Fsp3) is 0.143. The van der Waals surface area contributed by atoms with Gasteiger partial charge in [-0.2, -0.15) is 4.98 Å². The maximum atomic E-state index is 11.0. The van der Waals surface area contributed by atoms with E-state index in [-0.39, 0.29) is 0 Å². The number of nitrogens with zero attached hydrogens (tertiary/aromatic N) is 4. The molecule has 7 nitrogen and oxygen atoms in total. The van der Waals surface area contributed by atoms with Crippen LogP contribution in [0.25, 0.3) is 11.2 Å². The van der Waals surface area contributed by atoms with Crippen molar-refractivity contribution in [1.82, 2.24) is 19.7 Å². The number of fused-ring (bicyclic) bond motifs is 1. The van der Waals surface area contributed by atoms with Crippen LogP contribution in [0.15, 0.2) is 43.0 Å². The lowest BCUT2D eigenvalue weighted by Crippen LogP contribution is -2.15. The van der Waals surface area contributed by atoms with Gasteiger partial charge in [0.25, 0.3) is 0 Å². The molecule has 3 aromatic rings. The maximum Gasteiger partial charge on any atom is 0.330 e. The molecule has 0 aliphatic rings. The largest absolute Gasteiger partial charge is 0.471 e. The van der Waals surface area contributed by atoms with Gasteiger partial charge in [-0.15, -0.1) is 4.73 Å². The molecule has 0 saturated heterocycles. The van der Waals surface area contributed by atoms with E-state index in [1.54, 1.807) is 0 Å². The zero-order valence-corrected chi connectivity index (χ0v) is 11.3. The molecule has 0 fully saturated rings. The van der Waals surface area contributed by atoms with E-state index in [4.69, 9.17) is 9.57 Å². The molecule has 0 aliphatic heterocycles.